The summed E-state index contributed by atoms with van der Waals surface area (Å²) >= 11 is 0. The number of H-pyrrole nitrogens is 1. The van der Waals surface area contributed by atoms with Crippen LogP contribution in [-0.2, 0) is 0 Å². The van der Waals surface area contributed by atoms with E-state index in [9.17, 15) is 0 Å². The fraction of sp³-hybridized carbons (Fsp3) is 0.0667. The summed E-state index contributed by atoms with van der Waals surface area (Å²) in [7, 11) is 0. The number of rotatable bonds is 1. The highest BCUT2D eigenvalue weighted by Crippen LogP contribution is 2.29. The molecular formula is C15H13N. The molecular weight excluding hydrogens is 194 g/mol. The minimum atomic E-state index is 1.22. The van der Waals surface area contributed by atoms with Gasteiger partial charge in [0.15, 0.2) is 0 Å². The first-order valence-corrected chi connectivity index (χ1v) is 5.49. The van der Waals surface area contributed by atoms with E-state index < -0.39 is 0 Å². The minimum Gasteiger partial charge on any atom is -0.358 e. The van der Waals surface area contributed by atoms with Gasteiger partial charge in [0.2, 0.25) is 0 Å². The Kier molecular flexibility index (Phi) is 2.03. The normalized spacial score (nSPS) is 10.8. The molecule has 0 amide bonds. The zero-order chi connectivity index (χ0) is 11.0. The van der Waals surface area contributed by atoms with Gasteiger partial charge in [-0.1, -0.05) is 54.6 Å². The minimum absolute atomic E-state index is 1.22. The second-order valence-corrected chi connectivity index (χ2v) is 4.04. The monoisotopic (exact) mass is 207 g/mol. The zero-order valence-corrected chi connectivity index (χ0v) is 9.20. The number of aromatic amines is 1. The largest absolute Gasteiger partial charge is 0.358 e. The number of nitrogens with one attached hydrogen (secondary N) is 1. The molecule has 1 heterocycles. The first-order valence-electron chi connectivity index (χ1n) is 5.49. The number of hydrogen-bond donors (Lipinski definition) is 1. The maximum atomic E-state index is 3.47. The first-order chi connectivity index (χ1) is 7.86. The number of aryl methyl sites for hydroxylation is 1. The van der Waals surface area contributed by atoms with Crippen LogP contribution in [0, 0.1) is 6.92 Å². The van der Waals surface area contributed by atoms with Crippen molar-refractivity contribution < 1.29 is 0 Å². The van der Waals surface area contributed by atoms with E-state index in [0.29, 0.717) is 0 Å². The van der Waals surface area contributed by atoms with E-state index >= 15 is 0 Å². The predicted octanol–water partition coefficient (Wildman–Crippen LogP) is 4.14. The van der Waals surface area contributed by atoms with Crippen molar-refractivity contribution >= 4 is 10.8 Å². The highest BCUT2D eigenvalue weighted by atomic mass is 14.7. The van der Waals surface area contributed by atoms with Gasteiger partial charge in [0, 0.05) is 16.5 Å². The second kappa shape index (κ2) is 3.53. The molecule has 1 aromatic heterocycles. The number of fused-ring (bicyclic) bond motifs is 1. The van der Waals surface area contributed by atoms with E-state index in [4.69, 9.17) is 0 Å². The molecule has 0 aliphatic rings. The number of hydrogen-bond acceptors (Lipinski definition) is 0. The number of benzene rings is 2. The molecule has 78 valence electrons. The summed E-state index contributed by atoms with van der Waals surface area (Å²) in [6.45, 7) is 2.12. The van der Waals surface area contributed by atoms with Crippen LogP contribution >= 0.6 is 0 Å². The average molecular weight is 207 g/mol. The molecule has 0 radical (unpaired) electrons. The van der Waals surface area contributed by atoms with Gasteiger partial charge in [-0.25, -0.2) is 0 Å². The molecule has 0 saturated carbocycles. The lowest BCUT2D eigenvalue weighted by Crippen LogP contribution is -1.77. The van der Waals surface area contributed by atoms with E-state index in [0.717, 1.165) is 0 Å². The van der Waals surface area contributed by atoms with Crippen molar-refractivity contribution in [3.63, 3.8) is 0 Å². The molecule has 3 rings (SSSR count). The molecule has 1 heteroatoms. The van der Waals surface area contributed by atoms with Crippen LogP contribution in [0.15, 0.2) is 54.6 Å². The van der Waals surface area contributed by atoms with Gasteiger partial charge in [-0.15, -0.1) is 0 Å². The quantitative estimate of drug-likeness (QED) is 0.617. The molecule has 0 spiro atoms. The van der Waals surface area contributed by atoms with E-state index in [1.807, 2.05) is 6.07 Å². The van der Waals surface area contributed by atoms with E-state index in [1.54, 1.807) is 0 Å². The molecule has 0 aliphatic carbocycles. The van der Waals surface area contributed by atoms with Crippen LogP contribution in [0.5, 0.6) is 0 Å². The fourth-order valence-electron chi connectivity index (χ4n) is 2.18. The van der Waals surface area contributed by atoms with Gasteiger partial charge in [-0.2, -0.15) is 0 Å². The van der Waals surface area contributed by atoms with Gasteiger partial charge in [0.25, 0.3) is 0 Å². The SMILES string of the molecule is Cc1[nH]c(-c2ccccc2)c2ccccc12. The molecule has 1 N–H and O–H groups in total. The van der Waals surface area contributed by atoms with Crippen molar-refractivity contribution in [2.75, 3.05) is 0 Å². The van der Waals surface area contributed by atoms with Gasteiger partial charge in [0.05, 0.1) is 5.69 Å². The van der Waals surface area contributed by atoms with Gasteiger partial charge >= 0.3 is 0 Å². The molecule has 0 aliphatic heterocycles. The fourth-order valence-corrected chi connectivity index (χ4v) is 2.18. The van der Waals surface area contributed by atoms with Crippen molar-refractivity contribution in [3.8, 4) is 11.3 Å². The topological polar surface area (TPSA) is 15.8 Å². The molecule has 0 bridgehead atoms. The summed E-state index contributed by atoms with van der Waals surface area (Å²) in [6, 6.07) is 19.0. The Labute approximate surface area is 94.7 Å². The van der Waals surface area contributed by atoms with Gasteiger partial charge in [-0.05, 0) is 12.5 Å². The van der Waals surface area contributed by atoms with Crippen molar-refractivity contribution in [1.29, 1.82) is 0 Å². The lowest BCUT2D eigenvalue weighted by atomic mass is 10.1. The Morgan fingerprint density at radius 2 is 1.38 bits per heavy atom. The van der Waals surface area contributed by atoms with E-state index in [1.165, 1.54) is 27.7 Å². The van der Waals surface area contributed by atoms with Crippen molar-refractivity contribution in [3.05, 3.63) is 60.3 Å². The van der Waals surface area contributed by atoms with E-state index in [-0.39, 0.29) is 0 Å². The summed E-state index contributed by atoms with van der Waals surface area (Å²) in [4.78, 5) is 3.47. The lowest BCUT2D eigenvalue weighted by molar-refractivity contribution is 1.28. The lowest BCUT2D eigenvalue weighted by Gasteiger charge is -1.98. The van der Waals surface area contributed by atoms with Crippen LogP contribution in [0.4, 0.5) is 0 Å². The molecule has 0 fully saturated rings. The molecule has 0 unspecified atom stereocenters. The Morgan fingerprint density at radius 1 is 0.750 bits per heavy atom. The molecule has 0 saturated heterocycles. The Balaban J connectivity index is 2.33. The van der Waals surface area contributed by atoms with Crippen LogP contribution < -0.4 is 0 Å². The highest BCUT2D eigenvalue weighted by Gasteiger charge is 2.07. The molecule has 2 aromatic carbocycles. The summed E-state index contributed by atoms with van der Waals surface area (Å²) in [5.41, 5.74) is 3.69. The highest BCUT2D eigenvalue weighted by molar-refractivity contribution is 5.97. The average Bonchev–Trinajstić information content (AvgIpc) is 2.69. The van der Waals surface area contributed by atoms with Gasteiger partial charge < -0.3 is 4.98 Å². The summed E-state index contributed by atoms with van der Waals surface area (Å²) in [6.07, 6.45) is 0. The third-order valence-electron chi connectivity index (χ3n) is 2.98. The first kappa shape index (κ1) is 9.22. The maximum Gasteiger partial charge on any atom is 0.0535 e. The van der Waals surface area contributed by atoms with Crippen LogP contribution in [0.2, 0.25) is 0 Å². The molecule has 16 heavy (non-hydrogen) atoms. The molecule has 3 aromatic rings. The number of aromatic nitrogens is 1. The third kappa shape index (κ3) is 1.33. The zero-order valence-electron chi connectivity index (χ0n) is 9.20. The summed E-state index contributed by atoms with van der Waals surface area (Å²) in [5, 5.41) is 2.60. The smallest absolute Gasteiger partial charge is 0.0535 e. The van der Waals surface area contributed by atoms with Crippen LogP contribution in [0.25, 0.3) is 22.0 Å². The third-order valence-corrected chi connectivity index (χ3v) is 2.98. The maximum absolute atomic E-state index is 3.47. The van der Waals surface area contributed by atoms with Crippen molar-refractivity contribution in [2.24, 2.45) is 0 Å². The molecule has 0 atom stereocenters. The predicted molar refractivity (Wildman–Crippen MR) is 68.5 cm³/mol. The van der Waals surface area contributed by atoms with Crippen LogP contribution in [0.1, 0.15) is 5.69 Å². The molecule has 1 nitrogen and oxygen atoms in total. The van der Waals surface area contributed by atoms with Crippen molar-refractivity contribution in [2.45, 2.75) is 6.92 Å². The summed E-state index contributed by atoms with van der Waals surface area (Å²) in [5.74, 6) is 0. The van der Waals surface area contributed by atoms with Gasteiger partial charge in [-0.3, -0.25) is 0 Å². The Morgan fingerprint density at radius 3 is 2.12 bits per heavy atom. The van der Waals surface area contributed by atoms with Crippen LogP contribution in [-0.4, -0.2) is 4.98 Å². The standard InChI is InChI=1S/C15H13N/c1-11-13-9-5-6-10-14(13)15(16-11)12-7-3-2-4-8-12/h2-10,16H,1H3. The van der Waals surface area contributed by atoms with Gasteiger partial charge in [0.1, 0.15) is 0 Å². The van der Waals surface area contributed by atoms with Crippen molar-refractivity contribution in [1.82, 2.24) is 4.98 Å². The summed E-state index contributed by atoms with van der Waals surface area (Å²) < 4.78 is 0. The Hall–Kier alpha value is -2.02. The van der Waals surface area contributed by atoms with E-state index in [2.05, 4.69) is 60.4 Å². The second-order valence-electron chi connectivity index (χ2n) is 4.04. The van der Waals surface area contributed by atoms with Crippen LogP contribution in [0.3, 0.4) is 0 Å². The Bertz CT molecular complexity index is 620.